The first-order valence-corrected chi connectivity index (χ1v) is 6.96. The summed E-state index contributed by atoms with van der Waals surface area (Å²) in [5.74, 6) is 2.33. The smallest absolute Gasteiger partial charge is 0.243 e. The Balaban J connectivity index is 2.09. The number of rotatable bonds is 2. The zero-order chi connectivity index (χ0) is 13.3. The van der Waals surface area contributed by atoms with E-state index in [1.807, 2.05) is 0 Å². The van der Waals surface area contributed by atoms with Crippen molar-refractivity contribution in [2.75, 3.05) is 13.1 Å². The predicted molar refractivity (Wildman–Crippen MR) is 71.4 cm³/mol. The van der Waals surface area contributed by atoms with Gasteiger partial charge in [-0.25, -0.2) is 0 Å². The molecule has 2 rings (SSSR count). The molecule has 0 amide bonds. The van der Waals surface area contributed by atoms with E-state index in [9.17, 15) is 0 Å². The van der Waals surface area contributed by atoms with Crippen LogP contribution in [0.1, 0.15) is 65.2 Å². The van der Waals surface area contributed by atoms with E-state index in [-0.39, 0.29) is 11.5 Å². The molecule has 1 fully saturated rings. The Morgan fingerprint density at radius 1 is 1.39 bits per heavy atom. The molecule has 1 aliphatic rings. The first-order valence-electron chi connectivity index (χ1n) is 6.96. The van der Waals surface area contributed by atoms with Gasteiger partial charge in [0.1, 0.15) is 0 Å². The summed E-state index contributed by atoms with van der Waals surface area (Å²) < 4.78 is 5.44. The minimum atomic E-state index is -0.0450. The number of nitrogens with zero attached hydrogens (tertiary/aromatic N) is 3. The highest BCUT2D eigenvalue weighted by Gasteiger charge is 2.28. The maximum absolute atomic E-state index is 5.44. The molecule has 18 heavy (non-hydrogen) atoms. The van der Waals surface area contributed by atoms with E-state index >= 15 is 0 Å². The molecule has 1 aliphatic heterocycles. The first-order chi connectivity index (χ1) is 8.38. The van der Waals surface area contributed by atoms with Gasteiger partial charge in [0.25, 0.3) is 0 Å². The molecule has 4 nitrogen and oxygen atoms in total. The lowest BCUT2D eigenvalue weighted by molar-refractivity contribution is 0.117. The summed E-state index contributed by atoms with van der Waals surface area (Å²) in [6.07, 6.45) is 2.60. The largest absolute Gasteiger partial charge is 0.338 e. The molecule has 0 N–H and O–H groups in total. The van der Waals surface area contributed by atoms with Gasteiger partial charge in [0.2, 0.25) is 5.89 Å². The molecule has 4 heteroatoms. The zero-order valence-corrected chi connectivity index (χ0v) is 12.2. The van der Waals surface area contributed by atoms with Crippen molar-refractivity contribution in [3.05, 3.63) is 11.7 Å². The van der Waals surface area contributed by atoms with Gasteiger partial charge < -0.3 is 4.52 Å². The van der Waals surface area contributed by atoms with Gasteiger partial charge in [-0.2, -0.15) is 4.98 Å². The van der Waals surface area contributed by atoms with Crippen molar-refractivity contribution in [1.29, 1.82) is 0 Å². The SMILES string of the molecule is C[C@H]1CCCN([C@H](C)c2nc(C(C)(C)C)no2)C1. The molecule has 2 atom stereocenters. The van der Waals surface area contributed by atoms with Crippen LogP contribution in [0.25, 0.3) is 0 Å². The van der Waals surface area contributed by atoms with Crippen molar-refractivity contribution < 1.29 is 4.52 Å². The quantitative estimate of drug-likeness (QED) is 0.809. The normalized spacial score (nSPS) is 24.2. The molecule has 1 saturated heterocycles. The number of hydrogen-bond donors (Lipinski definition) is 0. The van der Waals surface area contributed by atoms with Crippen LogP contribution in [0, 0.1) is 5.92 Å². The minimum absolute atomic E-state index is 0.0450. The van der Waals surface area contributed by atoms with Gasteiger partial charge in [0.15, 0.2) is 5.82 Å². The molecular formula is C14H25N3O. The summed E-state index contributed by atoms with van der Waals surface area (Å²) in [5, 5.41) is 4.11. The maximum atomic E-state index is 5.44. The minimum Gasteiger partial charge on any atom is -0.338 e. The fourth-order valence-electron chi connectivity index (χ4n) is 2.44. The summed E-state index contributed by atoms with van der Waals surface area (Å²) in [7, 11) is 0. The van der Waals surface area contributed by atoms with Gasteiger partial charge in [0.05, 0.1) is 6.04 Å². The lowest BCUT2D eigenvalue weighted by Crippen LogP contribution is -2.36. The van der Waals surface area contributed by atoms with E-state index in [4.69, 9.17) is 4.52 Å². The van der Waals surface area contributed by atoms with Crippen molar-refractivity contribution in [3.63, 3.8) is 0 Å². The van der Waals surface area contributed by atoms with Crippen molar-refractivity contribution in [2.24, 2.45) is 5.92 Å². The third-order valence-corrected chi connectivity index (χ3v) is 3.71. The molecule has 0 aromatic carbocycles. The van der Waals surface area contributed by atoms with E-state index in [1.54, 1.807) is 0 Å². The topological polar surface area (TPSA) is 42.2 Å². The molecule has 0 aliphatic carbocycles. The van der Waals surface area contributed by atoms with Crippen LogP contribution < -0.4 is 0 Å². The Morgan fingerprint density at radius 2 is 2.11 bits per heavy atom. The molecule has 1 aromatic heterocycles. The van der Waals surface area contributed by atoms with Gasteiger partial charge in [0, 0.05) is 12.0 Å². The summed E-state index contributed by atoms with van der Waals surface area (Å²) >= 11 is 0. The molecule has 1 aromatic rings. The van der Waals surface area contributed by atoms with Crippen LogP contribution in [0.3, 0.4) is 0 Å². The Kier molecular flexibility index (Phi) is 3.76. The fourth-order valence-corrected chi connectivity index (χ4v) is 2.44. The molecule has 0 unspecified atom stereocenters. The Morgan fingerprint density at radius 3 is 2.67 bits per heavy atom. The monoisotopic (exact) mass is 251 g/mol. The fraction of sp³-hybridized carbons (Fsp3) is 0.857. The van der Waals surface area contributed by atoms with Gasteiger partial charge >= 0.3 is 0 Å². The van der Waals surface area contributed by atoms with Crippen LogP contribution in [0.4, 0.5) is 0 Å². The Hall–Kier alpha value is -0.900. The standard InChI is InChI=1S/C14H25N3O/c1-10-7-6-8-17(9-10)11(2)12-15-13(16-18-12)14(3,4)5/h10-11H,6-9H2,1-5H3/t10-,11+/m0/s1. The van der Waals surface area contributed by atoms with Crippen molar-refractivity contribution in [1.82, 2.24) is 15.0 Å². The second-order valence-electron chi connectivity index (χ2n) is 6.62. The molecule has 0 radical (unpaired) electrons. The third-order valence-electron chi connectivity index (χ3n) is 3.71. The summed E-state index contributed by atoms with van der Waals surface area (Å²) in [6, 6.07) is 0.233. The van der Waals surface area contributed by atoms with Gasteiger partial charge in [-0.15, -0.1) is 0 Å². The van der Waals surface area contributed by atoms with Crippen LogP contribution in [0.15, 0.2) is 4.52 Å². The van der Waals surface area contributed by atoms with E-state index in [1.165, 1.54) is 12.8 Å². The van der Waals surface area contributed by atoms with Crippen LogP contribution in [0.5, 0.6) is 0 Å². The molecule has 0 saturated carbocycles. The molecule has 0 bridgehead atoms. The van der Waals surface area contributed by atoms with Crippen LogP contribution in [0.2, 0.25) is 0 Å². The third kappa shape index (κ3) is 2.91. The van der Waals surface area contributed by atoms with Gasteiger partial charge in [-0.3, -0.25) is 4.90 Å². The summed E-state index contributed by atoms with van der Waals surface area (Å²) in [6.45, 7) is 13.1. The lowest BCUT2D eigenvalue weighted by atomic mass is 9.96. The van der Waals surface area contributed by atoms with Crippen LogP contribution in [-0.2, 0) is 5.41 Å². The highest BCUT2D eigenvalue weighted by molar-refractivity contribution is 5.02. The molecular weight excluding hydrogens is 226 g/mol. The van der Waals surface area contributed by atoms with E-state index in [0.717, 1.165) is 30.7 Å². The highest BCUT2D eigenvalue weighted by Crippen LogP contribution is 2.27. The van der Waals surface area contributed by atoms with Crippen LogP contribution in [-0.4, -0.2) is 28.1 Å². The average Bonchev–Trinajstić information content (AvgIpc) is 2.77. The second kappa shape index (κ2) is 5.00. The molecule has 102 valence electrons. The summed E-state index contributed by atoms with van der Waals surface area (Å²) in [5.41, 5.74) is -0.0450. The maximum Gasteiger partial charge on any atom is 0.243 e. The molecule has 0 spiro atoms. The Bertz CT molecular complexity index is 394. The average molecular weight is 251 g/mol. The van der Waals surface area contributed by atoms with E-state index < -0.39 is 0 Å². The lowest BCUT2D eigenvalue weighted by Gasteiger charge is -2.33. The predicted octanol–water partition coefficient (Wildman–Crippen LogP) is 3.16. The van der Waals surface area contributed by atoms with Crippen molar-refractivity contribution >= 4 is 0 Å². The van der Waals surface area contributed by atoms with Crippen molar-refractivity contribution in [3.8, 4) is 0 Å². The molecule has 2 heterocycles. The van der Waals surface area contributed by atoms with Gasteiger partial charge in [-0.1, -0.05) is 32.9 Å². The Labute approximate surface area is 110 Å². The highest BCUT2D eigenvalue weighted by atomic mass is 16.5. The number of hydrogen-bond acceptors (Lipinski definition) is 4. The number of aromatic nitrogens is 2. The van der Waals surface area contributed by atoms with Gasteiger partial charge in [-0.05, 0) is 32.2 Å². The van der Waals surface area contributed by atoms with E-state index in [2.05, 4.69) is 49.7 Å². The van der Waals surface area contributed by atoms with Crippen LogP contribution >= 0.6 is 0 Å². The van der Waals surface area contributed by atoms with E-state index in [0.29, 0.717) is 0 Å². The van der Waals surface area contributed by atoms with Crippen molar-refractivity contribution in [2.45, 2.75) is 58.9 Å². The summed E-state index contributed by atoms with van der Waals surface area (Å²) in [4.78, 5) is 7.01. The number of likely N-dealkylation sites (tertiary alicyclic amines) is 1. The number of piperidine rings is 1. The second-order valence-corrected chi connectivity index (χ2v) is 6.62. The first kappa shape index (κ1) is 13.5. The zero-order valence-electron chi connectivity index (χ0n) is 12.2.